The third-order valence-electron chi connectivity index (χ3n) is 4.20. The molecule has 0 bridgehead atoms. The third-order valence-corrected chi connectivity index (χ3v) is 5.46. The Kier molecular flexibility index (Phi) is 5.46. The van der Waals surface area contributed by atoms with Gasteiger partial charge in [-0.1, -0.05) is 60.7 Å². The normalized spacial score (nSPS) is 11.8. The third kappa shape index (κ3) is 3.89. The molecule has 7 nitrogen and oxygen atoms in total. The van der Waals surface area contributed by atoms with Gasteiger partial charge in [-0.15, -0.1) is 4.83 Å². The minimum atomic E-state index is -4.05. The Morgan fingerprint density at radius 1 is 0.821 bits per heavy atom. The van der Waals surface area contributed by atoms with Gasteiger partial charge in [0.15, 0.2) is 5.60 Å². The summed E-state index contributed by atoms with van der Waals surface area (Å²) in [5.74, 6) is -0.941. The molecule has 0 aromatic heterocycles. The van der Waals surface area contributed by atoms with Gasteiger partial charge in [0.25, 0.3) is 15.9 Å². The molecule has 0 aliphatic heterocycles. The fourth-order valence-electron chi connectivity index (χ4n) is 2.70. The molecule has 0 saturated carbocycles. The number of anilines is 1. The first-order valence-electron chi connectivity index (χ1n) is 8.35. The summed E-state index contributed by atoms with van der Waals surface area (Å²) in [6, 6.07) is 22.0. The summed E-state index contributed by atoms with van der Waals surface area (Å²) in [5.41, 5.74) is 6.59. The van der Waals surface area contributed by atoms with Crippen molar-refractivity contribution in [2.45, 2.75) is 10.5 Å². The quantitative estimate of drug-likeness (QED) is 0.371. The van der Waals surface area contributed by atoms with Crippen molar-refractivity contribution < 1.29 is 18.3 Å². The standard InChI is InChI=1S/C20H19N3O4S/c21-17-11-13-18(14-12-17)28(26,27)23-22-19(24)20(25,15-7-3-1-4-8-15)16-9-5-2-6-10-16/h1-14,23,25H,21H2,(H,22,24). The van der Waals surface area contributed by atoms with Crippen molar-refractivity contribution in [2.75, 3.05) is 5.73 Å². The Hall–Kier alpha value is -3.20. The Morgan fingerprint density at radius 2 is 1.29 bits per heavy atom. The number of nitrogen functional groups attached to an aromatic ring is 1. The highest BCUT2D eigenvalue weighted by molar-refractivity contribution is 7.89. The zero-order valence-electron chi connectivity index (χ0n) is 14.7. The molecule has 3 aromatic rings. The number of sulfonamides is 1. The van der Waals surface area contributed by atoms with E-state index in [0.29, 0.717) is 16.8 Å². The van der Waals surface area contributed by atoms with Crippen LogP contribution >= 0.6 is 0 Å². The summed E-state index contributed by atoms with van der Waals surface area (Å²) in [5, 5.41) is 11.3. The van der Waals surface area contributed by atoms with Crippen LogP contribution < -0.4 is 16.0 Å². The lowest BCUT2D eigenvalue weighted by atomic mass is 9.86. The molecule has 0 aliphatic rings. The Bertz CT molecular complexity index is 1010. The first-order valence-corrected chi connectivity index (χ1v) is 9.83. The van der Waals surface area contributed by atoms with E-state index in [9.17, 15) is 18.3 Å². The van der Waals surface area contributed by atoms with Crippen molar-refractivity contribution in [3.05, 3.63) is 96.1 Å². The summed E-state index contributed by atoms with van der Waals surface area (Å²) in [6.45, 7) is 0. The number of benzene rings is 3. The maximum Gasteiger partial charge on any atom is 0.276 e. The lowest BCUT2D eigenvalue weighted by Crippen LogP contribution is -2.52. The van der Waals surface area contributed by atoms with E-state index >= 15 is 0 Å². The summed E-state index contributed by atoms with van der Waals surface area (Å²) in [4.78, 5) is 14.8. The fraction of sp³-hybridized carbons (Fsp3) is 0.0500. The van der Waals surface area contributed by atoms with E-state index in [0.717, 1.165) is 0 Å². The van der Waals surface area contributed by atoms with Crippen molar-refractivity contribution in [1.82, 2.24) is 10.3 Å². The molecule has 0 aliphatic carbocycles. The average Bonchev–Trinajstić information content (AvgIpc) is 2.73. The molecule has 3 rings (SSSR count). The van der Waals surface area contributed by atoms with Crippen molar-refractivity contribution in [2.24, 2.45) is 0 Å². The van der Waals surface area contributed by atoms with E-state index in [2.05, 4.69) is 5.43 Å². The van der Waals surface area contributed by atoms with Crippen LogP contribution in [-0.2, 0) is 20.4 Å². The monoisotopic (exact) mass is 397 g/mol. The molecule has 3 aromatic carbocycles. The second-order valence-corrected chi connectivity index (χ2v) is 7.75. The van der Waals surface area contributed by atoms with Gasteiger partial charge in [-0.05, 0) is 35.4 Å². The van der Waals surface area contributed by atoms with Crippen LogP contribution in [0, 0.1) is 0 Å². The SMILES string of the molecule is Nc1ccc(S(=O)(=O)NNC(=O)C(O)(c2ccccc2)c2ccccc2)cc1. The molecule has 0 atom stereocenters. The predicted octanol–water partition coefficient (Wildman–Crippen LogP) is 1.51. The Balaban J connectivity index is 1.90. The minimum Gasteiger partial charge on any atom is -0.399 e. The van der Waals surface area contributed by atoms with Crippen LogP contribution in [0.1, 0.15) is 11.1 Å². The van der Waals surface area contributed by atoms with Gasteiger partial charge >= 0.3 is 0 Å². The lowest BCUT2D eigenvalue weighted by Gasteiger charge is -2.28. The van der Waals surface area contributed by atoms with Gasteiger partial charge in [0.05, 0.1) is 4.90 Å². The fourth-order valence-corrected chi connectivity index (χ4v) is 3.54. The van der Waals surface area contributed by atoms with E-state index in [1.54, 1.807) is 60.7 Å². The highest BCUT2D eigenvalue weighted by Gasteiger charge is 2.40. The summed E-state index contributed by atoms with van der Waals surface area (Å²) >= 11 is 0. The van der Waals surface area contributed by atoms with Crippen molar-refractivity contribution >= 4 is 21.6 Å². The van der Waals surface area contributed by atoms with Crippen LogP contribution in [-0.4, -0.2) is 19.4 Å². The van der Waals surface area contributed by atoms with Gasteiger partial charge in [-0.2, -0.15) is 0 Å². The van der Waals surface area contributed by atoms with E-state index < -0.39 is 21.5 Å². The second kappa shape index (κ2) is 7.81. The number of amides is 1. The van der Waals surface area contributed by atoms with Gasteiger partial charge < -0.3 is 10.8 Å². The van der Waals surface area contributed by atoms with E-state index in [-0.39, 0.29) is 4.90 Å². The van der Waals surface area contributed by atoms with Crippen LogP contribution in [0.3, 0.4) is 0 Å². The van der Waals surface area contributed by atoms with E-state index in [1.165, 1.54) is 24.3 Å². The van der Waals surface area contributed by atoms with Gasteiger partial charge in [0, 0.05) is 5.69 Å². The molecule has 28 heavy (non-hydrogen) atoms. The first kappa shape index (κ1) is 19.6. The molecule has 0 fully saturated rings. The number of hydrogen-bond donors (Lipinski definition) is 4. The Labute approximate surface area is 162 Å². The molecule has 0 radical (unpaired) electrons. The molecule has 0 saturated heterocycles. The molecule has 1 amide bonds. The highest BCUT2D eigenvalue weighted by atomic mass is 32.2. The summed E-state index contributed by atoms with van der Waals surface area (Å²) in [6.07, 6.45) is 0. The van der Waals surface area contributed by atoms with Crippen LogP contribution in [0.15, 0.2) is 89.8 Å². The first-order chi connectivity index (χ1) is 13.3. The number of carbonyl (C=O) groups excluding carboxylic acids is 1. The number of hydrogen-bond acceptors (Lipinski definition) is 5. The van der Waals surface area contributed by atoms with Gasteiger partial charge in [-0.25, -0.2) is 8.42 Å². The zero-order valence-corrected chi connectivity index (χ0v) is 15.6. The van der Waals surface area contributed by atoms with E-state index in [4.69, 9.17) is 5.73 Å². The molecule has 0 unspecified atom stereocenters. The second-order valence-electron chi connectivity index (χ2n) is 6.07. The minimum absolute atomic E-state index is 0.0787. The Morgan fingerprint density at radius 3 is 1.75 bits per heavy atom. The highest BCUT2D eigenvalue weighted by Crippen LogP contribution is 2.29. The van der Waals surface area contributed by atoms with Crippen LogP contribution in [0.4, 0.5) is 5.69 Å². The summed E-state index contributed by atoms with van der Waals surface area (Å²) in [7, 11) is -4.05. The topological polar surface area (TPSA) is 122 Å². The number of carbonyl (C=O) groups is 1. The molecule has 8 heteroatoms. The molecule has 5 N–H and O–H groups in total. The maximum absolute atomic E-state index is 12.9. The van der Waals surface area contributed by atoms with Crippen LogP contribution in [0.2, 0.25) is 0 Å². The number of aliphatic hydroxyl groups is 1. The van der Waals surface area contributed by atoms with E-state index in [1.807, 2.05) is 4.83 Å². The molecule has 0 spiro atoms. The van der Waals surface area contributed by atoms with Crippen LogP contribution in [0.25, 0.3) is 0 Å². The van der Waals surface area contributed by atoms with Crippen LogP contribution in [0.5, 0.6) is 0 Å². The molecular formula is C20H19N3O4S. The molecule has 144 valence electrons. The van der Waals surface area contributed by atoms with Crippen molar-refractivity contribution in [3.8, 4) is 0 Å². The maximum atomic E-state index is 12.9. The van der Waals surface area contributed by atoms with Gasteiger partial charge in [0.2, 0.25) is 0 Å². The number of rotatable bonds is 6. The molecular weight excluding hydrogens is 378 g/mol. The smallest absolute Gasteiger partial charge is 0.276 e. The van der Waals surface area contributed by atoms with Gasteiger partial charge in [0.1, 0.15) is 0 Å². The lowest BCUT2D eigenvalue weighted by molar-refractivity contribution is -0.137. The number of nitrogens with two attached hydrogens (primary N) is 1. The van der Waals surface area contributed by atoms with Gasteiger partial charge in [-0.3, -0.25) is 10.2 Å². The average molecular weight is 397 g/mol. The summed E-state index contributed by atoms with van der Waals surface area (Å²) < 4.78 is 24.8. The largest absolute Gasteiger partial charge is 0.399 e. The number of nitrogens with one attached hydrogen (secondary N) is 2. The predicted molar refractivity (Wildman–Crippen MR) is 105 cm³/mol. The zero-order chi connectivity index (χ0) is 20.2. The van der Waals surface area contributed by atoms with Crippen molar-refractivity contribution in [3.63, 3.8) is 0 Å². The van der Waals surface area contributed by atoms with Crippen molar-refractivity contribution in [1.29, 1.82) is 0 Å². The number of hydrazine groups is 1. The molecule has 0 heterocycles.